The van der Waals surface area contributed by atoms with Gasteiger partial charge in [0.1, 0.15) is 6.33 Å². The monoisotopic (exact) mass is 487 g/mol. The highest BCUT2D eigenvalue weighted by Crippen LogP contribution is 2.27. The van der Waals surface area contributed by atoms with Gasteiger partial charge in [0.25, 0.3) is 0 Å². The third-order valence-electron chi connectivity index (χ3n) is 6.33. The molecule has 3 aliphatic rings. The second-order valence-electron chi connectivity index (χ2n) is 9.17. The summed E-state index contributed by atoms with van der Waals surface area (Å²) in [5.41, 5.74) is 1.70. The minimum atomic E-state index is 0.123. The maximum atomic E-state index is 5.75. The van der Waals surface area contributed by atoms with Gasteiger partial charge in [-0.05, 0) is 12.8 Å². The van der Waals surface area contributed by atoms with E-state index in [1.54, 1.807) is 6.20 Å². The molecule has 36 heavy (non-hydrogen) atoms. The van der Waals surface area contributed by atoms with E-state index >= 15 is 0 Å². The zero-order valence-electron chi connectivity index (χ0n) is 20.0. The molecule has 2 saturated heterocycles. The number of aromatic nitrogens is 7. The highest BCUT2D eigenvalue weighted by molar-refractivity contribution is 5.51. The predicted molar refractivity (Wildman–Crippen MR) is 134 cm³/mol. The van der Waals surface area contributed by atoms with E-state index in [9.17, 15) is 0 Å². The molecular weight excluding hydrogens is 458 g/mol. The summed E-state index contributed by atoms with van der Waals surface area (Å²) >= 11 is 0. The largest absolute Gasteiger partial charge is 0.374 e. The van der Waals surface area contributed by atoms with Crippen LogP contribution >= 0.6 is 0 Å². The summed E-state index contributed by atoms with van der Waals surface area (Å²) < 4.78 is 7.62. The predicted octanol–water partition coefficient (Wildman–Crippen LogP) is 0.678. The summed E-state index contributed by atoms with van der Waals surface area (Å²) in [5, 5.41) is 11.0. The van der Waals surface area contributed by atoms with Gasteiger partial charge in [0.05, 0.1) is 36.7 Å². The molecule has 1 aliphatic carbocycles. The molecule has 0 unspecified atom stereocenters. The van der Waals surface area contributed by atoms with Crippen LogP contribution in [0.3, 0.4) is 0 Å². The molecule has 5 heterocycles. The van der Waals surface area contributed by atoms with Crippen LogP contribution in [0.4, 0.5) is 23.5 Å². The molecule has 0 aromatic carbocycles. The molecular formula is C24H29N11O. The first kappa shape index (κ1) is 22.6. The number of hydrogen-bond donors (Lipinski definition) is 2. The summed E-state index contributed by atoms with van der Waals surface area (Å²) in [6.07, 6.45) is 11.4. The molecule has 3 fully saturated rings. The zero-order valence-corrected chi connectivity index (χ0v) is 20.0. The zero-order chi connectivity index (χ0) is 24.2. The highest BCUT2D eigenvalue weighted by atomic mass is 16.5. The molecule has 2 aliphatic heterocycles. The van der Waals surface area contributed by atoms with Crippen LogP contribution < -0.4 is 20.4 Å². The van der Waals surface area contributed by atoms with Crippen molar-refractivity contribution in [3.05, 3.63) is 36.7 Å². The Labute approximate surface area is 209 Å². The first-order valence-corrected chi connectivity index (χ1v) is 12.4. The summed E-state index contributed by atoms with van der Waals surface area (Å²) in [7, 11) is 0. The molecule has 3 aromatic rings. The van der Waals surface area contributed by atoms with Gasteiger partial charge in [-0.3, -0.25) is 4.68 Å². The smallest absolute Gasteiger partial charge is 0.232 e. The van der Waals surface area contributed by atoms with E-state index in [0.717, 1.165) is 63.1 Å². The van der Waals surface area contributed by atoms with E-state index in [2.05, 4.69) is 62.3 Å². The molecule has 12 heteroatoms. The van der Waals surface area contributed by atoms with E-state index in [1.807, 2.05) is 23.3 Å². The molecule has 3 aromatic heterocycles. The van der Waals surface area contributed by atoms with Crippen LogP contribution in [0.5, 0.6) is 0 Å². The standard InChI is InChI=1S/C24H29N11O/c1-2-18(1)3-4-19-11-26-23(27-12-19)33-6-8-34(9-7-33)24-29-17-28-22(32-24)31-20-13-30-35(15-20)16-21-14-25-5-10-36-21/h11-13,15,17-18,21,25H,1-2,5-10,14,16H2,(H,28,29,31,32)/t21-/m0/s1. The van der Waals surface area contributed by atoms with Crippen molar-refractivity contribution in [3.8, 4) is 11.8 Å². The fourth-order valence-corrected chi connectivity index (χ4v) is 4.17. The van der Waals surface area contributed by atoms with Crippen molar-refractivity contribution < 1.29 is 4.74 Å². The summed E-state index contributed by atoms with van der Waals surface area (Å²) in [6, 6.07) is 0. The normalized spacial score (nSPS) is 20.1. The number of nitrogens with one attached hydrogen (secondary N) is 2. The van der Waals surface area contributed by atoms with E-state index in [4.69, 9.17) is 4.74 Å². The van der Waals surface area contributed by atoms with Gasteiger partial charge in [-0.25, -0.2) is 19.9 Å². The Morgan fingerprint density at radius 2 is 1.81 bits per heavy atom. The van der Waals surface area contributed by atoms with Gasteiger partial charge in [-0.2, -0.15) is 10.1 Å². The van der Waals surface area contributed by atoms with Crippen LogP contribution in [0.2, 0.25) is 0 Å². The molecule has 12 nitrogen and oxygen atoms in total. The number of anilines is 4. The van der Waals surface area contributed by atoms with Crippen molar-refractivity contribution in [1.29, 1.82) is 0 Å². The Hall–Kier alpha value is -3.82. The molecule has 0 spiro atoms. The van der Waals surface area contributed by atoms with Gasteiger partial charge in [0, 0.05) is 63.8 Å². The van der Waals surface area contributed by atoms with Crippen LogP contribution in [0.25, 0.3) is 0 Å². The van der Waals surface area contributed by atoms with E-state index in [0.29, 0.717) is 24.4 Å². The second-order valence-corrected chi connectivity index (χ2v) is 9.17. The molecule has 186 valence electrons. The third kappa shape index (κ3) is 5.69. The lowest BCUT2D eigenvalue weighted by Gasteiger charge is -2.34. The topological polar surface area (TPSA) is 122 Å². The second kappa shape index (κ2) is 10.4. The SMILES string of the molecule is C(#CC1CC1)c1cnc(N2CCN(c3ncnc(Nc4cnn(C[C@@H]5CNCCO5)c4)n3)CC2)nc1. The number of nitrogens with zero attached hydrogens (tertiary/aromatic N) is 9. The van der Waals surface area contributed by atoms with Crippen LogP contribution in [0.15, 0.2) is 31.1 Å². The lowest BCUT2D eigenvalue weighted by Crippen LogP contribution is -2.47. The number of rotatable bonds is 6. The Morgan fingerprint density at radius 1 is 1.00 bits per heavy atom. The van der Waals surface area contributed by atoms with Crippen molar-refractivity contribution in [1.82, 2.24) is 40.0 Å². The first-order valence-electron chi connectivity index (χ1n) is 12.4. The van der Waals surface area contributed by atoms with Gasteiger partial charge in [-0.1, -0.05) is 11.8 Å². The molecule has 2 N–H and O–H groups in total. The first-order chi connectivity index (χ1) is 17.8. The van der Waals surface area contributed by atoms with Gasteiger partial charge >= 0.3 is 0 Å². The molecule has 1 atom stereocenters. The maximum Gasteiger partial charge on any atom is 0.232 e. The fraction of sp³-hybridized carbons (Fsp3) is 0.500. The van der Waals surface area contributed by atoms with E-state index in [1.165, 1.54) is 19.2 Å². The van der Waals surface area contributed by atoms with Gasteiger partial charge < -0.3 is 25.2 Å². The Morgan fingerprint density at radius 3 is 2.56 bits per heavy atom. The Bertz CT molecular complexity index is 1220. The highest BCUT2D eigenvalue weighted by Gasteiger charge is 2.22. The molecule has 6 rings (SSSR count). The molecule has 0 bridgehead atoms. The Kier molecular flexibility index (Phi) is 6.56. The van der Waals surface area contributed by atoms with Crippen LogP contribution in [0, 0.1) is 17.8 Å². The van der Waals surface area contributed by atoms with Crippen molar-refractivity contribution in [2.24, 2.45) is 5.92 Å². The van der Waals surface area contributed by atoms with Crippen LogP contribution in [-0.2, 0) is 11.3 Å². The Balaban J connectivity index is 1.03. The molecule has 1 saturated carbocycles. The number of morpholine rings is 1. The van der Waals surface area contributed by atoms with Crippen molar-refractivity contribution in [2.75, 3.05) is 61.0 Å². The minimum Gasteiger partial charge on any atom is -0.374 e. The summed E-state index contributed by atoms with van der Waals surface area (Å²) in [6.45, 7) is 6.26. The lowest BCUT2D eigenvalue weighted by atomic mass is 10.3. The number of ether oxygens (including phenoxy) is 1. The maximum absolute atomic E-state index is 5.75. The van der Waals surface area contributed by atoms with Gasteiger partial charge in [-0.15, -0.1) is 0 Å². The van der Waals surface area contributed by atoms with Crippen LogP contribution in [-0.4, -0.2) is 86.7 Å². The van der Waals surface area contributed by atoms with Crippen molar-refractivity contribution in [3.63, 3.8) is 0 Å². The van der Waals surface area contributed by atoms with Crippen molar-refractivity contribution in [2.45, 2.75) is 25.5 Å². The van der Waals surface area contributed by atoms with Gasteiger partial charge in [0.15, 0.2) is 0 Å². The molecule has 0 amide bonds. The third-order valence-corrected chi connectivity index (χ3v) is 6.33. The van der Waals surface area contributed by atoms with Crippen LogP contribution in [0.1, 0.15) is 18.4 Å². The number of piperazine rings is 1. The lowest BCUT2D eigenvalue weighted by molar-refractivity contribution is 0.0161. The van der Waals surface area contributed by atoms with Crippen molar-refractivity contribution >= 4 is 23.5 Å². The van der Waals surface area contributed by atoms with E-state index in [-0.39, 0.29) is 6.10 Å². The number of hydrogen-bond acceptors (Lipinski definition) is 11. The quantitative estimate of drug-likeness (QED) is 0.477. The summed E-state index contributed by atoms with van der Waals surface area (Å²) in [5.74, 6) is 8.85. The van der Waals surface area contributed by atoms with Gasteiger partial charge in [0.2, 0.25) is 17.8 Å². The van der Waals surface area contributed by atoms with E-state index < -0.39 is 0 Å². The summed E-state index contributed by atoms with van der Waals surface area (Å²) in [4.78, 5) is 26.7. The minimum absolute atomic E-state index is 0.123. The molecule has 0 radical (unpaired) electrons. The average molecular weight is 488 g/mol. The average Bonchev–Trinajstić information content (AvgIpc) is 3.67. The fourth-order valence-electron chi connectivity index (χ4n) is 4.17.